The van der Waals surface area contributed by atoms with Gasteiger partial charge in [0.15, 0.2) is 0 Å². The zero-order valence-electron chi connectivity index (χ0n) is 18.3. The Kier molecular flexibility index (Phi) is 8.87. The van der Waals surface area contributed by atoms with Crippen molar-refractivity contribution in [2.75, 3.05) is 7.11 Å². The molecule has 3 aromatic carbocycles. The SMILES string of the molecule is COc1ccc(CCCC(=O)N/N=C\c2ccccc2OCc2ccc(Br)cc2)c(C)c1. The van der Waals surface area contributed by atoms with Crippen molar-refractivity contribution in [3.63, 3.8) is 0 Å². The van der Waals surface area contributed by atoms with Gasteiger partial charge in [-0.3, -0.25) is 4.79 Å². The molecule has 3 rings (SSSR count). The van der Waals surface area contributed by atoms with Crippen LogP contribution in [-0.2, 0) is 17.8 Å². The number of benzene rings is 3. The van der Waals surface area contributed by atoms with Crippen LogP contribution >= 0.6 is 15.9 Å². The van der Waals surface area contributed by atoms with Crippen LogP contribution in [0.3, 0.4) is 0 Å². The van der Waals surface area contributed by atoms with Gasteiger partial charge < -0.3 is 9.47 Å². The van der Waals surface area contributed by atoms with Gasteiger partial charge >= 0.3 is 0 Å². The van der Waals surface area contributed by atoms with Crippen molar-refractivity contribution in [1.82, 2.24) is 5.43 Å². The first-order valence-corrected chi connectivity index (χ1v) is 11.3. The highest BCUT2D eigenvalue weighted by Gasteiger charge is 2.05. The fraction of sp³-hybridized carbons (Fsp3) is 0.231. The number of hydrazone groups is 1. The van der Waals surface area contributed by atoms with Crippen LogP contribution in [0.1, 0.15) is 35.1 Å². The smallest absolute Gasteiger partial charge is 0.240 e. The van der Waals surface area contributed by atoms with Gasteiger partial charge in [0.25, 0.3) is 0 Å². The zero-order chi connectivity index (χ0) is 22.8. The van der Waals surface area contributed by atoms with Gasteiger partial charge in [0.05, 0.1) is 13.3 Å². The predicted octanol–water partition coefficient (Wildman–Crippen LogP) is 5.82. The number of hydrogen-bond donors (Lipinski definition) is 1. The van der Waals surface area contributed by atoms with Crippen LogP contribution in [0.25, 0.3) is 0 Å². The molecule has 0 aliphatic carbocycles. The molecule has 32 heavy (non-hydrogen) atoms. The summed E-state index contributed by atoms with van der Waals surface area (Å²) in [5.41, 5.74) is 6.87. The normalized spacial score (nSPS) is 10.8. The van der Waals surface area contributed by atoms with Crippen LogP contribution in [0.5, 0.6) is 11.5 Å². The number of amides is 1. The largest absolute Gasteiger partial charge is 0.497 e. The van der Waals surface area contributed by atoms with E-state index in [9.17, 15) is 4.79 Å². The summed E-state index contributed by atoms with van der Waals surface area (Å²) in [6, 6.07) is 21.6. The summed E-state index contributed by atoms with van der Waals surface area (Å²) < 4.78 is 12.2. The Labute approximate surface area is 197 Å². The number of nitrogens with one attached hydrogen (secondary N) is 1. The molecule has 0 atom stereocenters. The minimum absolute atomic E-state index is 0.110. The number of para-hydroxylation sites is 1. The van der Waals surface area contributed by atoms with Crippen LogP contribution in [-0.4, -0.2) is 19.2 Å². The second kappa shape index (κ2) is 12.1. The molecule has 166 valence electrons. The molecule has 6 heteroatoms. The lowest BCUT2D eigenvalue weighted by molar-refractivity contribution is -0.121. The van der Waals surface area contributed by atoms with Gasteiger partial charge in [0, 0.05) is 16.5 Å². The molecule has 0 saturated heterocycles. The number of hydrogen-bond acceptors (Lipinski definition) is 4. The molecule has 0 aliphatic rings. The molecule has 0 bridgehead atoms. The fourth-order valence-electron chi connectivity index (χ4n) is 3.21. The summed E-state index contributed by atoms with van der Waals surface area (Å²) in [7, 11) is 1.66. The standard InChI is InChI=1S/C26H27BrN2O3/c1-19-16-24(31-2)15-12-21(19)7-5-9-26(30)29-28-17-22-6-3-4-8-25(22)32-18-20-10-13-23(27)14-11-20/h3-4,6,8,10-17H,5,7,9,18H2,1-2H3,(H,29,30)/b28-17-. The average molecular weight is 495 g/mol. The van der Waals surface area contributed by atoms with E-state index in [4.69, 9.17) is 9.47 Å². The second-order valence-corrected chi connectivity index (χ2v) is 8.31. The molecule has 0 spiro atoms. The van der Waals surface area contributed by atoms with E-state index in [0.29, 0.717) is 18.8 Å². The lowest BCUT2D eigenvalue weighted by Crippen LogP contribution is -2.17. The van der Waals surface area contributed by atoms with Gasteiger partial charge in [0.1, 0.15) is 18.1 Å². The van der Waals surface area contributed by atoms with Crippen molar-refractivity contribution in [1.29, 1.82) is 0 Å². The molecule has 0 saturated carbocycles. The number of methoxy groups -OCH3 is 1. The second-order valence-electron chi connectivity index (χ2n) is 7.39. The molecule has 0 aromatic heterocycles. The third kappa shape index (κ3) is 7.24. The van der Waals surface area contributed by atoms with Crippen LogP contribution < -0.4 is 14.9 Å². The number of carbonyl (C=O) groups is 1. The Bertz CT molecular complexity index is 1060. The van der Waals surface area contributed by atoms with Gasteiger partial charge in [-0.2, -0.15) is 5.10 Å². The summed E-state index contributed by atoms with van der Waals surface area (Å²) in [6.07, 6.45) is 3.61. The van der Waals surface area contributed by atoms with E-state index < -0.39 is 0 Å². The number of ether oxygens (including phenoxy) is 2. The Hall–Kier alpha value is -3.12. The van der Waals surface area contributed by atoms with Gasteiger partial charge in [-0.25, -0.2) is 5.43 Å². The first-order valence-electron chi connectivity index (χ1n) is 10.5. The molecule has 1 amide bonds. The Balaban J connectivity index is 1.47. The van der Waals surface area contributed by atoms with Crippen molar-refractivity contribution in [3.05, 3.63) is 93.5 Å². The number of rotatable bonds is 10. The lowest BCUT2D eigenvalue weighted by Gasteiger charge is -2.09. The van der Waals surface area contributed by atoms with E-state index in [1.54, 1.807) is 13.3 Å². The maximum Gasteiger partial charge on any atom is 0.240 e. The zero-order valence-corrected chi connectivity index (χ0v) is 19.9. The topological polar surface area (TPSA) is 59.9 Å². The maximum absolute atomic E-state index is 12.2. The minimum Gasteiger partial charge on any atom is -0.497 e. The average Bonchev–Trinajstić information content (AvgIpc) is 2.80. The van der Waals surface area contributed by atoms with Gasteiger partial charge in [-0.1, -0.05) is 46.3 Å². The number of aryl methyl sites for hydroxylation is 2. The van der Waals surface area contributed by atoms with E-state index in [1.165, 1.54) is 11.1 Å². The highest BCUT2D eigenvalue weighted by atomic mass is 79.9. The quantitative estimate of drug-likeness (QED) is 0.285. The van der Waals surface area contributed by atoms with Crippen LogP contribution in [0.15, 0.2) is 76.3 Å². The Morgan fingerprint density at radius 3 is 2.62 bits per heavy atom. The Morgan fingerprint density at radius 1 is 1.09 bits per heavy atom. The molecule has 0 heterocycles. The van der Waals surface area contributed by atoms with Crippen molar-refractivity contribution in [3.8, 4) is 11.5 Å². The summed E-state index contributed by atoms with van der Waals surface area (Å²) in [5.74, 6) is 1.45. The van der Waals surface area contributed by atoms with E-state index in [-0.39, 0.29) is 5.91 Å². The summed E-state index contributed by atoms with van der Waals surface area (Å²) in [5, 5.41) is 4.11. The highest BCUT2D eigenvalue weighted by Crippen LogP contribution is 2.19. The molecular formula is C26H27BrN2O3. The first kappa shape index (κ1) is 23.5. The maximum atomic E-state index is 12.2. The van der Waals surface area contributed by atoms with Crippen molar-refractivity contribution >= 4 is 28.1 Å². The highest BCUT2D eigenvalue weighted by molar-refractivity contribution is 9.10. The number of halogens is 1. The summed E-state index contributed by atoms with van der Waals surface area (Å²) >= 11 is 3.43. The van der Waals surface area contributed by atoms with E-state index in [2.05, 4.69) is 39.4 Å². The third-order valence-electron chi connectivity index (χ3n) is 5.02. The molecule has 3 aromatic rings. The minimum atomic E-state index is -0.110. The summed E-state index contributed by atoms with van der Waals surface area (Å²) in [4.78, 5) is 12.2. The van der Waals surface area contributed by atoms with Crippen molar-refractivity contribution in [2.45, 2.75) is 32.8 Å². The van der Waals surface area contributed by atoms with E-state index >= 15 is 0 Å². The lowest BCUT2D eigenvalue weighted by atomic mass is 10.0. The van der Waals surface area contributed by atoms with Crippen molar-refractivity contribution < 1.29 is 14.3 Å². The van der Waals surface area contributed by atoms with Crippen molar-refractivity contribution in [2.24, 2.45) is 5.10 Å². The van der Waals surface area contributed by atoms with Gasteiger partial charge in [-0.15, -0.1) is 0 Å². The number of carbonyl (C=O) groups excluding carboxylic acids is 1. The molecule has 5 nitrogen and oxygen atoms in total. The summed E-state index contributed by atoms with van der Waals surface area (Å²) in [6.45, 7) is 2.51. The van der Waals surface area contributed by atoms with E-state index in [1.807, 2.05) is 60.7 Å². The van der Waals surface area contributed by atoms with Crippen LogP contribution in [0.4, 0.5) is 0 Å². The molecule has 0 unspecified atom stereocenters. The van der Waals surface area contributed by atoms with Crippen LogP contribution in [0, 0.1) is 6.92 Å². The van der Waals surface area contributed by atoms with Gasteiger partial charge in [0.2, 0.25) is 5.91 Å². The fourth-order valence-corrected chi connectivity index (χ4v) is 3.47. The third-order valence-corrected chi connectivity index (χ3v) is 5.55. The number of nitrogens with zero attached hydrogens (tertiary/aromatic N) is 1. The molecule has 0 radical (unpaired) electrons. The monoisotopic (exact) mass is 494 g/mol. The van der Waals surface area contributed by atoms with Gasteiger partial charge in [-0.05, 0) is 72.9 Å². The van der Waals surface area contributed by atoms with E-state index in [0.717, 1.165) is 34.2 Å². The Morgan fingerprint density at radius 2 is 1.88 bits per heavy atom. The molecule has 1 N–H and O–H groups in total. The molecule has 0 aliphatic heterocycles. The van der Waals surface area contributed by atoms with Crippen LogP contribution in [0.2, 0.25) is 0 Å². The molecule has 0 fully saturated rings. The first-order chi connectivity index (χ1) is 15.5. The molecular weight excluding hydrogens is 468 g/mol. The predicted molar refractivity (Wildman–Crippen MR) is 131 cm³/mol.